The van der Waals surface area contributed by atoms with Crippen LogP contribution in [0.5, 0.6) is 0 Å². The molecule has 0 atom stereocenters. The Bertz CT molecular complexity index is 708. The summed E-state index contributed by atoms with van der Waals surface area (Å²) < 4.78 is 0. The Morgan fingerprint density at radius 1 is 1.04 bits per heavy atom. The monoisotopic (exact) mass is 367 g/mol. The van der Waals surface area contributed by atoms with Crippen LogP contribution in [0.3, 0.4) is 0 Å². The zero-order valence-electron chi connectivity index (χ0n) is 16.1. The molecule has 1 fully saturated rings. The number of amides is 1. The summed E-state index contributed by atoms with van der Waals surface area (Å²) >= 11 is 0. The Morgan fingerprint density at radius 2 is 1.74 bits per heavy atom. The van der Waals surface area contributed by atoms with Crippen molar-refractivity contribution in [1.82, 2.24) is 9.97 Å². The molecule has 2 heterocycles. The van der Waals surface area contributed by atoms with Crippen LogP contribution in [-0.4, -0.2) is 35.5 Å². The number of anilines is 3. The van der Waals surface area contributed by atoms with E-state index in [1.165, 1.54) is 37.8 Å². The van der Waals surface area contributed by atoms with E-state index < -0.39 is 0 Å². The number of unbranched alkanes of at least 4 members (excludes halogenated alkanes) is 2. The maximum Gasteiger partial charge on any atom is 0.258 e. The summed E-state index contributed by atoms with van der Waals surface area (Å²) in [5.74, 6) is 0.367. The number of hydrogen-bond donors (Lipinski definition) is 2. The van der Waals surface area contributed by atoms with Crippen molar-refractivity contribution in [2.24, 2.45) is 0 Å². The Hall–Kier alpha value is -2.63. The number of hydrogen-bond acceptors (Lipinski definition) is 5. The highest BCUT2D eigenvalue weighted by Crippen LogP contribution is 2.22. The highest BCUT2D eigenvalue weighted by Gasteiger charge is 2.12. The fourth-order valence-corrected chi connectivity index (χ4v) is 3.22. The van der Waals surface area contributed by atoms with Gasteiger partial charge in [-0.2, -0.15) is 0 Å². The Balaban J connectivity index is 1.52. The zero-order valence-corrected chi connectivity index (χ0v) is 16.1. The smallest absolute Gasteiger partial charge is 0.258 e. The molecule has 0 radical (unpaired) electrons. The minimum Gasteiger partial charge on any atom is -0.372 e. The van der Waals surface area contributed by atoms with Gasteiger partial charge < -0.3 is 15.5 Å². The number of nitrogens with one attached hydrogen (secondary N) is 2. The molecule has 3 rings (SSSR count). The summed E-state index contributed by atoms with van der Waals surface area (Å²) in [4.78, 5) is 23.2. The van der Waals surface area contributed by atoms with Crippen LogP contribution in [0.15, 0.2) is 36.7 Å². The predicted molar refractivity (Wildman–Crippen MR) is 111 cm³/mol. The molecule has 1 amide bonds. The van der Waals surface area contributed by atoms with Crippen molar-refractivity contribution in [3.8, 4) is 0 Å². The van der Waals surface area contributed by atoms with Crippen LogP contribution in [0, 0.1) is 0 Å². The molecular formula is C21H29N5O. The molecule has 0 saturated carbocycles. The van der Waals surface area contributed by atoms with Gasteiger partial charge in [-0.05, 0) is 49.9 Å². The molecule has 1 aliphatic heterocycles. The van der Waals surface area contributed by atoms with Gasteiger partial charge >= 0.3 is 0 Å². The van der Waals surface area contributed by atoms with Gasteiger partial charge in [0.05, 0.1) is 5.56 Å². The molecule has 1 aromatic carbocycles. The van der Waals surface area contributed by atoms with Crippen molar-refractivity contribution < 1.29 is 4.79 Å². The van der Waals surface area contributed by atoms with E-state index in [1.54, 1.807) is 12.4 Å². The normalized spacial score (nSPS) is 14.0. The van der Waals surface area contributed by atoms with Gasteiger partial charge in [-0.25, -0.2) is 9.97 Å². The first-order valence-corrected chi connectivity index (χ1v) is 9.98. The van der Waals surface area contributed by atoms with Gasteiger partial charge in [-0.3, -0.25) is 4.79 Å². The van der Waals surface area contributed by atoms with E-state index >= 15 is 0 Å². The van der Waals surface area contributed by atoms with E-state index in [2.05, 4.69) is 44.6 Å². The highest BCUT2D eigenvalue weighted by molar-refractivity contribution is 6.03. The molecule has 2 N–H and O–H groups in total. The molecule has 0 spiro atoms. The first-order valence-electron chi connectivity index (χ1n) is 9.98. The standard InChI is InChI=1S/C21H29N5O/c1-2-3-5-12-22-21-23-15-17(16-24-21)20(27)25-18-8-10-19(11-9-18)26-13-6-4-7-14-26/h8-11,15-16H,2-7,12-14H2,1H3,(H,25,27)(H,22,23,24). The Morgan fingerprint density at radius 3 is 2.41 bits per heavy atom. The minimum absolute atomic E-state index is 0.196. The van der Waals surface area contributed by atoms with E-state index in [4.69, 9.17) is 0 Å². The van der Waals surface area contributed by atoms with Crippen LogP contribution in [-0.2, 0) is 0 Å². The molecule has 6 heteroatoms. The lowest BCUT2D eigenvalue weighted by Gasteiger charge is -2.28. The number of aromatic nitrogens is 2. The average molecular weight is 367 g/mol. The van der Waals surface area contributed by atoms with Gasteiger partial charge in [0.2, 0.25) is 5.95 Å². The topological polar surface area (TPSA) is 70.2 Å². The second kappa shape index (κ2) is 9.90. The molecule has 0 aliphatic carbocycles. The van der Waals surface area contributed by atoms with Crippen LogP contribution in [0.4, 0.5) is 17.3 Å². The highest BCUT2D eigenvalue weighted by atomic mass is 16.1. The first kappa shape index (κ1) is 19.1. The summed E-state index contributed by atoms with van der Waals surface area (Å²) in [7, 11) is 0. The molecule has 2 aromatic rings. The van der Waals surface area contributed by atoms with Crippen LogP contribution in [0.1, 0.15) is 55.8 Å². The van der Waals surface area contributed by atoms with Gasteiger partial charge in [0.25, 0.3) is 5.91 Å². The first-order chi connectivity index (χ1) is 13.3. The van der Waals surface area contributed by atoms with Gasteiger partial charge in [0, 0.05) is 43.4 Å². The van der Waals surface area contributed by atoms with Gasteiger partial charge in [-0.1, -0.05) is 19.8 Å². The third-order valence-electron chi connectivity index (χ3n) is 4.82. The zero-order chi connectivity index (χ0) is 18.9. The van der Waals surface area contributed by atoms with Crippen molar-refractivity contribution in [1.29, 1.82) is 0 Å². The number of rotatable bonds is 8. The number of carbonyl (C=O) groups is 1. The van der Waals surface area contributed by atoms with E-state index in [9.17, 15) is 4.79 Å². The molecule has 0 bridgehead atoms. The number of carbonyl (C=O) groups excluding carboxylic acids is 1. The number of nitrogens with zero attached hydrogens (tertiary/aromatic N) is 3. The average Bonchev–Trinajstić information content (AvgIpc) is 2.73. The maximum atomic E-state index is 12.4. The van der Waals surface area contributed by atoms with Gasteiger partial charge in [-0.15, -0.1) is 0 Å². The molecular weight excluding hydrogens is 338 g/mol. The molecule has 1 aromatic heterocycles. The van der Waals surface area contributed by atoms with Crippen molar-refractivity contribution in [2.45, 2.75) is 45.4 Å². The third-order valence-corrected chi connectivity index (χ3v) is 4.82. The SMILES string of the molecule is CCCCCNc1ncc(C(=O)Nc2ccc(N3CCCCC3)cc2)cn1. The van der Waals surface area contributed by atoms with E-state index in [1.807, 2.05) is 12.1 Å². The quantitative estimate of drug-likeness (QED) is 0.680. The second-order valence-corrected chi connectivity index (χ2v) is 6.98. The van der Waals surface area contributed by atoms with Crippen molar-refractivity contribution in [3.05, 3.63) is 42.2 Å². The fraction of sp³-hybridized carbons (Fsp3) is 0.476. The predicted octanol–water partition coefficient (Wildman–Crippen LogP) is 4.32. The van der Waals surface area contributed by atoms with E-state index in [0.717, 1.165) is 31.7 Å². The lowest BCUT2D eigenvalue weighted by Crippen LogP contribution is -2.29. The molecule has 6 nitrogen and oxygen atoms in total. The lowest BCUT2D eigenvalue weighted by atomic mass is 10.1. The molecule has 144 valence electrons. The molecule has 0 unspecified atom stereocenters. The van der Waals surface area contributed by atoms with Crippen LogP contribution >= 0.6 is 0 Å². The van der Waals surface area contributed by atoms with Crippen molar-refractivity contribution >= 4 is 23.2 Å². The molecule has 1 aliphatic rings. The molecule has 1 saturated heterocycles. The summed E-state index contributed by atoms with van der Waals surface area (Å²) in [5, 5.41) is 6.08. The van der Waals surface area contributed by atoms with Gasteiger partial charge in [0.1, 0.15) is 0 Å². The van der Waals surface area contributed by atoms with Crippen LogP contribution in [0.25, 0.3) is 0 Å². The molecule has 27 heavy (non-hydrogen) atoms. The largest absolute Gasteiger partial charge is 0.372 e. The summed E-state index contributed by atoms with van der Waals surface area (Å²) in [6.07, 6.45) is 10.4. The van der Waals surface area contributed by atoms with Crippen LogP contribution in [0.2, 0.25) is 0 Å². The summed E-state index contributed by atoms with van der Waals surface area (Å²) in [5.41, 5.74) is 2.45. The second-order valence-electron chi connectivity index (χ2n) is 6.98. The van der Waals surface area contributed by atoms with Crippen LogP contribution < -0.4 is 15.5 Å². The summed E-state index contributed by atoms with van der Waals surface area (Å²) in [6, 6.07) is 8.04. The van der Waals surface area contributed by atoms with Gasteiger partial charge in [0.15, 0.2) is 0 Å². The fourth-order valence-electron chi connectivity index (χ4n) is 3.22. The summed E-state index contributed by atoms with van der Waals surface area (Å²) in [6.45, 7) is 5.25. The third kappa shape index (κ3) is 5.67. The van der Waals surface area contributed by atoms with E-state index in [-0.39, 0.29) is 5.91 Å². The Labute approximate surface area is 161 Å². The number of piperidine rings is 1. The van der Waals surface area contributed by atoms with Crippen molar-refractivity contribution in [2.75, 3.05) is 35.2 Å². The van der Waals surface area contributed by atoms with E-state index in [0.29, 0.717) is 11.5 Å². The lowest BCUT2D eigenvalue weighted by molar-refractivity contribution is 0.102. The number of benzene rings is 1. The maximum absolute atomic E-state index is 12.4. The minimum atomic E-state index is -0.196. The Kier molecular flexibility index (Phi) is 7.02. The van der Waals surface area contributed by atoms with Crippen molar-refractivity contribution in [3.63, 3.8) is 0 Å².